The number of rotatable bonds is 3. The van der Waals surface area contributed by atoms with Gasteiger partial charge in [-0.1, -0.05) is 23.2 Å². The van der Waals surface area contributed by atoms with Crippen molar-refractivity contribution in [2.24, 2.45) is 0 Å². The van der Waals surface area contributed by atoms with Crippen molar-refractivity contribution in [2.75, 3.05) is 5.73 Å². The van der Waals surface area contributed by atoms with Crippen molar-refractivity contribution in [1.29, 1.82) is 5.26 Å². The van der Waals surface area contributed by atoms with Gasteiger partial charge in [-0.25, -0.2) is 9.07 Å². The van der Waals surface area contributed by atoms with Crippen molar-refractivity contribution in [3.05, 3.63) is 33.4 Å². The van der Waals surface area contributed by atoms with Crippen LogP contribution in [0, 0.1) is 11.3 Å². The minimum Gasteiger partial charge on any atom is -0.383 e. The Balaban J connectivity index is 2.65. The zero-order chi connectivity index (χ0) is 17.4. The van der Waals surface area contributed by atoms with Crippen molar-refractivity contribution in [3.63, 3.8) is 0 Å². The van der Waals surface area contributed by atoms with Crippen LogP contribution in [0.5, 0.6) is 0 Å². The van der Waals surface area contributed by atoms with Gasteiger partial charge in [-0.05, 0) is 29.5 Å². The maximum Gasteiger partial charge on any atom is 0.446 e. The van der Waals surface area contributed by atoms with Gasteiger partial charge in [-0.2, -0.15) is 23.5 Å². The van der Waals surface area contributed by atoms with Gasteiger partial charge in [-0.15, -0.1) is 0 Å². The summed E-state index contributed by atoms with van der Waals surface area (Å²) in [5, 5.41) is 12.5. The van der Waals surface area contributed by atoms with Gasteiger partial charge >= 0.3 is 5.51 Å². The average molecular weight is 385 g/mol. The summed E-state index contributed by atoms with van der Waals surface area (Å²) in [6.45, 7) is -0.826. The molecule has 0 fully saturated rings. The SMILES string of the molecule is N#Cc1nn(-c2c(Cl)cc(CF)cc2Cl)c(N)c1SC(F)(F)F. The third kappa shape index (κ3) is 3.65. The van der Waals surface area contributed by atoms with E-state index in [2.05, 4.69) is 5.10 Å². The maximum absolute atomic E-state index is 12.7. The summed E-state index contributed by atoms with van der Waals surface area (Å²) in [6.07, 6.45) is 0. The van der Waals surface area contributed by atoms with Crippen LogP contribution in [0.2, 0.25) is 10.0 Å². The number of nitrogens with two attached hydrogens (primary N) is 1. The first-order valence-corrected chi connectivity index (χ1v) is 7.33. The summed E-state index contributed by atoms with van der Waals surface area (Å²) in [6, 6.07) is 4.02. The number of hydrogen-bond acceptors (Lipinski definition) is 4. The molecule has 0 bridgehead atoms. The van der Waals surface area contributed by atoms with E-state index in [1.807, 2.05) is 0 Å². The van der Waals surface area contributed by atoms with Gasteiger partial charge in [0.1, 0.15) is 24.2 Å². The number of nitriles is 1. The van der Waals surface area contributed by atoms with E-state index in [9.17, 15) is 17.6 Å². The molecule has 0 radical (unpaired) electrons. The highest BCUT2D eigenvalue weighted by atomic mass is 35.5. The van der Waals surface area contributed by atoms with E-state index >= 15 is 0 Å². The van der Waals surface area contributed by atoms with E-state index in [1.165, 1.54) is 18.2 Å². The lowest BCUT2D eigenvalue weighted by Crippen LogP contribution is -2.05. The molecule has 0 unspecified atom stereocenters. The van der Waals surface area contributed by atoms with Gasteiger partial charge in [-0.3, -0.25) is 0 Å². The summed E-state index contributed by atoms with van der Waals surface area (Å²) < 4.78 is 51.2. The van der Waals surface area contributed by atoms with Crippen LogP contribution in [-0.2, 0) is 6.67 Å². The molecule has 11 heteroatoms. The van der Waals surface area contributed by atoms with Gasteiger partial charge in [0.15, 0.2) is 5.69 Å². The lowest BCUT2D eigenvalue weighted by molar-refractivity contribution is -0.0328. The maximum atomic E-state index is 12.7. The van der Waals surface area contributed by atoms with Crippen LogP contribution in [-0.4, -0.2) is 15.3 Å². The van der Waals surface area contributed by atoms with Crippen LogP contribution in [0.1, 0.15) is 11.3 Å². The molecule has 0 aliphatic carbocycles. The van der Waals surface area contributed by atoms with Crippen molar-refractivity contribution in [2.45, 2.75) is 17.1 Å². The molecule has 0 atom stereocenters. The zero-order valence-corrected chi connectivity index (χ0v) is 13.3. The molecule has 4 nitrogen and oxygen atoms in total. The van der Waals surface area contributed by atoms with Crippen LogP contribution in [0.4, 0.5) is 23.4 Å². The largest absolute Gasteiger partial charge is 0.446 e. The van der Waals surface area contributed by atoms with Gasteiger partial charge in [0.25, 0.3) is 0 Å². The standard InChI is InChI=1S/C12H6Cl2F4N4S/c13-6-1-5(3-15)2-7(14)9(6)22-11(20)10(8(4-19)21-22)23-12(16,17)18/h1-2H,3,20H2. The van der Waals surface area contributed by atoms with E-state index in [1.54, 1.807) is 0 Å². The highest BCUT2D eigenvalue weighted by Crippen LogP contribution is 2.43. The number of anilines is 1. The average Bonchev–Trinajstić information content (AvgIpc) is 2.73. The first-order valence-electron chi connectivity index (χ1n) is 5.76. The highest BCUT2D eigenvalue weighted by Gasteiger charge is 2.34. The summed E-state index contributed by atoms with van der Waals surface area (Å²) in [7, 11) is 0. The van der Waals surface area contributed by atoms with Gasteiger partial charge in [0.2, 0.25) is 0 Å². The molecular formula is C12H6Cl2F4N4S. The summed E-state index contributed by atoms with van der Waals surface area (Å²) >= 11 is 11.4. The molecule has 1 heterocycles. The molecule has 2 N–H and O–H groups in total. The van der Waals surface area contributed by atoms with Crippen molar-refractivity contribution < 1.29 is 17.6 Å². The molecule has 2 rings (SSSR count). The molecule has 0 aliphatic heterocycles. The molecule has 1 aromatic carbocycles. The first kappa shape index (κ1) is 17.7. The molecule has 122 valence electrons. The Morgan fingerprint density at radius 3 is 2.30 bits per heavy atom. The Morgan fingerprint density at radius 2 is 1.87 bits per heavy atom. The Morgan fingerprint density at radius 1 is 1.30 bits per heavy atom. The Labute approximate surface area is 141 Å². The fourth-order valence-corrected chi connectivity index (χ4v) is 3.07. The number of aromatic nitrogens is 2. The normalized spacial score (nSPS) is 11.5. The minimum atomic E-state index is -4.65. The van der Waals surface area contributed by atoms with E-state index in [4.69, 9.17) is 34.2 Å². The van der Waals surface area contributed by atoms with Crippen molar-refractivity contribution in [3.8, 4) is 11.8 Å². The van der Waals surface area contributed by atoms with Crippen LogP contribution >= 0.6 is 35.0 Å². The van der Waals surface area contributed by atoms with Crippen molar-refractivity contribution >= 4 is 40.8 Å². The van der Waals surface area contributed by atoms with E-state index in [0.717, 1.165) is 4.68 Å². The number of hydrogen-bond donors (Lipinski definition) is 1. The molecule has 1 aromatic heterocycles. The first-order chi connectivity index (χ1) is 10.7. The highest BCUT2D eigenvalue weighted by molar-refractivity contribution is 8.00. The molecule has 0 aliphatic rings. The quantitative estimate of drug-likeness (QED) is 0.614. The van der Waals surface area contributed by atoms with Crippen LogP contribution in [0.25, 0.3) is 5.69 Å². The molecule has 23 heavy (non-hydrogen) atoms. The lowest BCUT2D eigenvalue weighted by Gasteiger charge is -2.11. The van der Waals surface area contributed by atoms with E-state index < -0.39 is 40.4 Å². The fourth-order valence-electron chi connectivity index (χ4n) is 1.77. The van der Waals surface area contributed by atoms with Crippen LogP contribution < -0.4 is 5.73 Å². The zero-order valence-electron chi connectivity index (χ0n) is 11.0. The van der Waals surface area contributed by atoms with Gasteiger partial charge < -0.3 is 5.73 Å². The summed E-state index contributed by atoms with van der Waals surface area (Å²) in [5.74, 6) is -0.444. The lowest BCUT2D eigenvalue weighted by atomic mass is 10.2. The van der Waals surface area contributed by atoms with Crippen LogP contribution in [0.15, 0.2) is 17.0 Å². The second kappa shape index (κ2) is 6.47. The third-order valence-corrected chi connectivity index (χ3v) is 4.06. The molecule has 0 saturated carbocycles. The second-order valence-corrected chi connectivity index (χ2v) is 6.07. The van der Waals surface area contributed by atoms with E-state index in [0.29, 0.717) is 0 Å². The minimum absolute atomic E-state index is 0.0337. The van der Waals surface area contributed by atoms with Crippen molar-refractivity contribution in [1.82, 2.24) is 9.78 Å². The second-order valence-electron chi connectivity index (χ2n) is 4.18. The molecule has 0 amide bonds. The predicted octanol–water partition coefficient (Wildman–Crippen LogP) is 4.71. The van der Waals surface area contributed by atoms with E-state index in [-0.39, 0.29) is 21.3 Å². The Bertz CT molecular complexity index is 775. The number of alkyl halides is 4. The predicted molar refractivity (Wildman–Crippen MR) is 79.4 cm³/mol. The third-order valence-electron chi connectivity index (χ3n) is 2.64. The Kier molecular flexibility index (Phi) is 4.98. The summed E-state index contributed by atoms with van der Waals surface area (Å²) in [5.41, 5.74) is 0.636. The molecular weight excluding hydrogens is 379 g/mol. The number of benzene rings is 1. The molecule has 0 saturated heterocycles. The number of halogens is 6. The monoisotopic (exact) mass is 384 g/mol. The fraction of sp³-hybridized carbons (Fsp3) is 0.167. The van der Waals surface area contributed by atoms with Gasteiger partial charge in [0.05, 0.1) is 14.9 Å². The molecule has 2 aromatic rings. The summed E-state index contributed by atoms with van der Waals surface area (Å²) in [4.78, 5) is -0.554. The Hall–Kier alpha value is -1.63. The topological polar surface area (TPSA) is 67.6 Å². The van der Waals surface area contributed by atoms with Crippen LogP contribution in [0.3, 0.4) is 0 Å². The van der Waals surface area contributed by atoms with Gasteiger partial charge in [0, 0.05) is 0 Å². The number of nitrogens with zero attached hydrogens (tertiary/aromatic N) is 3. The number of thioether (sulfide) groups is 1. The molecule has 0 spiro atoms. The number of nitrogen functional groups attached to an aromatic ring is 1. The smallest absolute Gasteiger partial charge is 0.383 e.